The van der Waals surface area contributed by atoms with E-state index < -0.39 is 0 Å². The fourth-order valence-corrected chi connectivity index (χ4v) is 2.96. The maximum absolute atomic E-state index is 11.7. The van der Waals surface area contributed by atoms with Gasteiger partial charge in [-0.2, -0.15) is 0 Å². The second kappa shape index (κ2) is 50.0. The SMILES string of the molecule is CC=O.CCC.CCC(OCC=O)C(CC)OCC(=O)NCCCCCCO.CNCCCCCCO.NC=O. The average Bonchev–Trinajstić information content (AvgIpc) is 2.94. The summed E-state index contributed by atoms with van der Waals surface area (Å²) >= 11 is 0. The first-order valence-electron chi connectivity index (χ1n) is 14.7. The number of aldehydes is 2. The second-order valence-electron chi connectivity index (χ2n) is 8.51. The molecule has 0 rings (SSSR count). The smallest absolute Gasteiger partial charge is 0.246 e. The number of aliphatic hydroxyl groups is 2. The number of carbonyl (C=O) groups excluding carboxylic acids is 4. The van der Waals surface area contributed by atoms with Gasteiger partial charge in [0, 0.05) is 19.8 Å². The molecule has 0 aliphatic rings. The van der Waals surface area contributed by atoms with Crippen molar-refractivity contribution in [3.8, 4) is 0 Å². The lowest BCUT2D eigenvalue weighted by Gasteiger charge is -2.24. The van der Waals surface area contributed by atoms with Gasteiger partial charge in [0.25, 0.3) is 0 Å². The minimum absolute atomic E-state index is 0.0100. The van der Waals surface area contributed by atoms with Crippen LogP contribution in [0.25, 0.3) is 0 Å². The van der Waals surface area contributed by atoms with E-state index in [9.17, 15) is 9.59 Å². The van der Waals surface area contributed by atoms with Gasteiger partial charge in [0.15, 0.2) is 0 Å². The molecule has 0 spiro atoms. The molecule has 0 heterocycles. The van der Waals surface area contributed by atoms with E-state index in [0.717, 1.165) is 70.5 Å². The van der Waals surface area contributed by atoms with Crippen molar-refractivity contribution in [2.45, 2.75) is 117 Å². The van der Waals surface area contributed by atoms with Crippen LogP contribution in [0.1, 0.15) is 105 Å². The highest BCUT2D eigenvalue weighted by Crippen LogP contribution is 2.11. The predicted octanol–water partition coefficient (Wildman–Crippen LogP) is 2.93. The summed E-state index contributed by atoms with van der Waals surface area (Å²) in [4.78, 5) is 39.5. The van der Waals surface area contributed by atoms with Gasteiger partial charge in [-0.05, 0) is 59.0 Å². The molecule has 6 N–H and O–H groups in total. The maximum atomic E-state index is 11.7. The number of rotatable bonds is 21. The van der Waals surface area contributed by atoms with Gasteiger partial charge >= 0.3 is 0 Å². The Morgan fingerprint density at radius 2 is 1.20 bits per heavy atom. The molecule has 0 aliphatic heterocycles. The number of ether oxygens (including phenoxy) is 2. The summed E-state index contributed by atoms with van der Waals surface area (Å²) in [7, 11) is 1.96. The molecule has 2 unspecified atom stereocenters. The van der Waals surface area contributed by atoms with Crippen molar-refractivity contribution in [1.29, 1.82) is 0 Å². The summed E-state index contributed by atoms with van der Waals surface area (Å²) in [6, 6.07) is 0. The van der Waals surface area contributed by atoms with Crippen molar-refractivity contribution in [2.75, 3.05) is 46.6 Å². The van der Waals surface area contributed by atoms with Crippen LogP contribution in [-0.4, -0.2) is 93.9 Å². The summed E-state index contributed by atoms with van der Waals surface area (Å²) in [5.74, 6) is -0.133. The Labute approximate surface area is 244 Å². The van der Waals surface area contributed by atoms with Crippen LogP contribution in [0, 0.1) is 0 Å². The van der Waals surface area contributed by atoms with Crippen LogP contribution in [0.3, 0.4) is 0 Å². The van der Waals surface area contributed by atoms with E-state index in [-0.39, 0.29) is 44.3 Å². The molecule has 0 radical (unpaired) electrons. The zero-order valence-corrected chi connectivity index (χ0v) is 26.3. The Balaban J connectivity index is -0.000000185. The summed E-state index contributed by atoms with van der Waals surface area (Å²) in [6.45, 7) is 12.0. The van der Waals surface area contributed by atoms with Gasteiger partial charge in [-0.3, -0.25) is 9.59 Å². The van der Waals surface area contributed by atoms with Crippen molar-refractivity contribution in [3.63, 3.8) is 0 Å². The molecule has 2 atom stereocenters. The first-order valence-corrected chi connectivity index (χ1v) is 14.7. The average molecular weight is 582 g/mol. The monoisotopic (exact) mass is 581 g/mol. The third-order valence-corrected chi connectivity index (χ3v) is 4.77. The number of amides is 2. The van der Waals surface area contributed by atoms with Crippen LogP contribution >= 0.6 is 0 Å². The number of hydrogen-bond acceptors (Lipinski definition) is 9. The van der Waals surface area contributed by atoms with Crippen LogP contribution in [0.5, 0.6) is 0 Å². The lowest BCUT2D eigenvalue weighted by molar-refractivity contribution is -0.135. The third-order valence-electron chi connectivity index (χ3n) is 4.77. The molecule has 40 heavy (non-hydrogen) atoms. The minimum Gasteiger partial charge on any atom is -0.396 e. The summed E-state index contributed by atoms with van der Waals surface area (Å²) < 4.78 is 11.0. The number of unbranched alkanes of at least 4 members (excludes halogenated alkanes) is 6. The molecule has 11 nitrogen and oxygen atoms in total. The second-order valence-corrected chi connectivity index (χ2v) is 8.51. The summed E-state index contributed by atoms with van der Waals surface area (Å²) in [5, 5.41) is 23.0. The Morgan fingerprint density at radius 3 is 1.57 bits per heavy atom. The molecule has 242 valence electrons. The first kappa shape index (κ1) is 47.8. The number of nitrogens with one attached hydrogen (secondary N) is 2. The molecule has 0 aromatic carbocycles. The molecule has 0 saturated heterocycles. The molecule has 11 heteroatoms. The van der Waals surface area contributed by atoms with Crippen molar-refractivity contribution < 1.29 is 38.9 Å². The standard InChI is InChI=1S/C16H31NO5.C7H17NO.C3H8.C2H4O.CH3NO/c1-3-14(21-12-11-19)15(4-2)22-13-16(20)17-9-7-5-6-8-10-18;1-8-6-4-2-3-5-7-9;1-3-2;1-2-3;2-1-3/h11,14-15,18H,3-10,12-13H2,1-2H3,(H,17,20);8-9H,2-7H2,1H3;3H2,1-2H3;2H,1H3;1H,(H2,2,3). The van der Waals surface area contributed by atoms with Crippen molar-refractivity contribution in [1.82, 2.24) is 10.6 Å². The van der Waals surface area contributed by atoms with Crippen molar-refractivity contribution in [3.05, 3.63) is 0 Å². The number of nitrogens with two attached hydrogens (primary N) is 1. The third kappa shape index (κ3) is 52.5. The molecule has 0 saturated carbocycles. The van der Waals surface area contributed by atoms with E-state index >= 15 is 0 Å². The lowest BCUT2D eigenvalue weighted by Crippen LogP contribution is -2.36. The quantitative estimate of drug-likeness (QED) is 0.101. The van der Waals surface area contributed by atoms with E-state index in [2.05, 4.69) is 30.2 Å². The summed E-state index contributed by atoms with van der Waals surface area (Å²) in [5.41, 5.74) is 4.17. The van der Waals surface area contributed by atoms with E-state index in [1.54, 1.807) is 0 Å². The van der Waals surface area contributed by atoms with Crippen molar-refractivity contribution in [2.24, 2.45) is 5.73 Å². The lowest BCUT2D eigenvalue weighted by atomic mass is 10.1. The van der Waals surface area contributed by atoms with Crippen LogP contribution in [-0.2, 0) is 28.7 Å². The van der Waals surface area contributed by atoms with Crippen LogP contribution in [0.15, 0.2) is 0 Å². The topological polar surface area (TPSA) is 177 Å². The zero-order chi connectivity index (χ0) is 31.7. The molecular weight excluding hydrogens is 518 g/mol. The van der Waals surface area contributed by atoms with E-state index in [1.807, 2.05) is 20.9 Å². The zero-order valence-electron chi connectivity index (χ0n) is 26.3. The van der Waals surface area contributed by atoms with Gasteiger partial charge in [0.05, 0.1) is 12.2 Å². The molecular formula is C29H63N3O8. The van der Waals surface area contributed by atoms with Crippen LogP contribution < -0.4 is 16.4 Å². The maximum Gasteiger partial charge on any atom is 0.246 e. The number of aliphatic hydroxyl groups excluding tert-OH is 2. The molecule has 0 fully saturated rings. The van der Waals surface area contributed by atoms with E-state index in [1.165, 1.54) is 26.2 Å². The van der Waals surface area contributed by atoms with Gasteiger partial charge in [-0.15, -0.1) is 0 Å². The highest BCUT2D eigenvalue weighted by atomic mass is 16.5. The van der Waals surface area contributed by atoms with Gasteiger partial charge in [-0.1, -0.05) is 59.8 Å². The predicted molar refractivity (Wildman–Crippen MR) is 162 cm³/mol. The van der Waals surface area contributed by atoms with Crippen LogP contribution in [0.4, 0.5) is 0 Å². The summed E-state index contributed by atoms with van der Waals surface area (Å²) in [6.07, 6.45) is 12.4. The normalized spacial score (nSPS) is 10.8. The fourth-order valence-electron chi connectivity index (χ4n) is 2.96. The minimum atomic E-state index is -0.180. The molecule has 0 aromatic heterocycles. The highest BCUT2D eigenvalue weighted by Gasteiger charge is 2.20. The highest BCUT2D eigenvalue weighted by molar-refractivity contribution is 5.77. The first-order chi connectivity index (χ1) is 19.3. The van der Waals surface area contributed by atoms with Crippen LogP contribution in [0.2, 0.25) is 0 Å². The number of hydrogen-bond donors (Lipinski definition) is 5. The Kier molecular flexibility index (Phi) is 59.8. The molecule has 0 aliphatic carbocycles. The van der Waals surface area contributed by atoms with E-state index in [4.69, 9.17) is 29.3 Å². The van der Waals surface area contributed by atoms with Gasteiger partial charge < -0.3 is 45.6 Å². The molecule has 0 aromatic rings. The molecule has 0 bridgehead atoms. The Bertz CT molecular complexity index is 474. The van der Waals surface area contributed by atoms with E-state index in [0.29, 0.717) is 13.2 Å². The van der Waals surface area contributed by atoms with Gasteiger partial charge in [0.1, 0.15) is 25.8 Å². The largest absolute Gasteiger partial charge is 0.396 e. The molecule has 2 amide bonds. The van der Waals surface area contributed by atoms with Crippen molar-refractivity contribution >= 4 is 24.9 Å². The number of primary amides is 1. The van der Waals surface area contributed by atoms with Gasteiger partial charge in [0.2, 0.25) is 12.3 Å². The Hall–Kier alpha value is -1.92. The fraction of sp³-hybridized carbons (Fsp3) is 0.862. The van der Waals surface area contributed by atoms with Gasteiger partial charge in [-0.25, -0.2) is 0 Å². The Morgan fingerprint density at radius 1 is 0.800 bits per heavy atom. The number of carbonyl (C=O) groups is 4.